The molecule has 1 N–H and O–H groups in total. The van der Waals surface area contributed by atoms with Crippen molar-refractivity contribution in [2.24, 2.45) is 0 Å². The smallest absolute Gasteiger partial charge is 0.118 e. The highest BCUT2D eigenvalue weighted by Crippen LogP contribution is 2.16. The van der Waals surface area contributed by atoms with Crippen LogP contribution in [0.15, 0.2) is 28.4 Å². The molecule has 0 unspecified atom stereocenters. The molecule has 0 aromatic carbocycles. The average Bonchev–Trinajstić information content (AvgIpc) is 2.87. The summed E-state index contributed by atoms with van der Waals surface area (Å²) < 4.78 is 10.8. The molecule has 1 aliphatic heterocycles. The van der Waals surface area contributed by atoms with Gasteiger partial charge >= 0.3 is 0 Å². The second-order valence-electron chi connectivity index (χ2n) is 5.74. The molecular formula is C16H26N2O2. The molecule has 4 nitrogen and oxygen atoms in total. The van der Waals surface area contributed by atoms with E-state index in [4.69, 9.17) is 9.15 Å². The molecular weight excluding hydrogens is 252 g/mol. The van der Waals surface area contributed by atoms with Crippen LogP contribution >= 0.6 is 0 Å². The van der Waals surface area contributed by atoms with Crippen molar-refractivity contribution in [3.63, 3.8) is 0 Å². The van der Waals surface area contributed by atoms with Crippen molar-refractivity contribution in [3.8, 4) is 0 Å². The van der Waals surface area contributed by atoms with Gasteiger partial charge in [0, 0.05) is 38.3 Å². The second kappa shape index (κ2) is 7.62. The molecule has 0 fully saturated rings. The van der Waals surface area contributed by atoms with Gasteiger partial charge < -0.3 is 14.5 Å². The monoisotopic (exact) mass is 278 g/mol. The number of furan rings is 1. The molecule has 0 atom stereocenters. The van der Waals surface area contributed by atoms with Crippen LogP contribution in [0.3, 0.4) is 0 Å². The van der Waals surface area contributed by atoms with Gasteiger partial charge in [-0.3, -0.25) is 4.90 Å². The maximum absolute atomic E-state index is 5.65. The summed E-state index contributed by atoms with van der Waals surface area (Å²) in [7, 11) is 1.75. The molecule has 1 aromatic rings. The van der Waals surface area contributed by atoms with Crippen LogP contribution in [0.5, 0.6) is 0 Å². The number of hydrogen-bond acceptors (Lipinski definition) is 4. The van der Waals surface area contributed by atoms with Gasteiger partial charge in [0.25, 0.3) is 0 Å². The van der Waals surface area contributed by atoms with Crippen LogP contribution in [0.25, 0.3) is 0 Å². The Hall–Kier alpha value is -1.10. The Labute approximate surface area is 121 Å². The minimum atomic E-state index is 0.500. The lowest BCUT2D eigenvalue weighted by Crippen LogP contribution is -2.28. The predicted octanol–water partition coefficient (Wildman–Crippen LogP) is 2.56. The van der Waals surface area contributed by atoms with Gasteiger partial charge in [0.05, 0.1) is 19.4 Å². The Morgan fingerprint density at radius 3 is 2.95 bits per heavy atom. The van der Waals surface area contributed by atoms with Crippen LogP contribution < -0.4 is 5.32 Å². The number of rotatable bonds is 7. The quantitative estimate of drug-likeness (QED) is 0.778. The highest BCUT2D eigenvalue weighted by molar-refractivity contribution is 5.14. The van der Waals surface area contributed by atoms with Crippen molar-refractivity contribution in [2.75, 3.05) is 26.8 Å². The Morgan fingerprint density at radius 1 is 1.45 bits per heavy atom. The first-order chi connectivity index (χ1) is 9.67. The molecule has 0 saturated carbocycles. The van der Waals surface area contributed by atoms with Crippen LogP contribution in [0.4, 0.5) is 0 Å². The van der Waals surface area contributed by atoms with Gasteiger partial charge in [-0.1, -0.05) is 19.9 Å². The Bertz CT molecular complexity index is 437. The van der Waals surface area contributed by atoms with Crippen LogP contribution in [-0.4, -0.2) is 37.7 Å². The van der Waals surface area contributed by atoms with Crippen LogP contribution in [0.1, 0.15) is 31.6 Å². The lowest BCUT2D eigenvalue weighted by molar-refractivity contribution is 0.207. The van der Waals surface area contributed by atoms with E-state index in [9.17, 15) is 0 Å². The molecule has 0 saturated heterocycles. The first-order valence-electron chi connectivity index (χ1n) is 7.36. The summed E-state index contributed by atoms with van der Waals surface area (Å²) in [5, 5.41) is 3.40. The summed E-state index contributed by atoms with van der Waals surface area (Å²) in [6, 6.07) is 2.66. The first-order valence-corrected chi connectivity index (χ1v) is 7.36. The summed E-state index contributed by atoms with van der Waals surface area (Å²) in [6.45, 7) is 8.89. The van der Waals surface area contributed by atoms with E-state index in [2.05, 4.69) is 36.2 Å². The van der Waals surface area contributed by atoms with Gasteiger partial charge in [-0.25, -0.2) is 0 Å². The highest BCUT2D eigenvalue weighted by Gasteiger charge is 2.13. The molecule has 4 heteroatoms. The minimum absolute atomic E-state index is 0.500. The van der Waals surface area contributed by atoms with E-state index in [0.717, 1.165) is 45.0 Å². The van der Waals surface area contributed by atoms with Gasteiger partial charge in [0.15, 0.2) is 0 Å². The number of nitrogens with one attached hydrogen (secondary N) is 1. The van der Waals surface area contributed by atoms with Gasteiger partial charge in [0.1, 0.15) is 5.76 Å². The first kappa shape index (κ1) is 15.3. The highest BCUT2D eigenvalue weighted by atomic mass is 16.5. The van der Waals surface area contributed by atoms with Crippen molar-refractivity contribution in [2.45, 2.75) is 39.4 Å². The lowest BCUT2D eigenvalue weighted by atomic mass is 10.1. The second-order valence-corrected chi connectivity index (χ2v) is 5.74. The summed E-state index contributed by atoms with van der Waals surface area (Å²) in [6.07, 6.45) is 5.23. The molecule has 0 radical (unpaired) electrons. The fourth-order valence-corrected chi connectivity index (χ4v) is 2.36. The third-order valence-electron chi connectivity index (χ3n) is 3.52. The largest absolute Gasteiger partial charge is 0.468 e. The molecule has 20 heavy (non-hydrogen) atoms. The van der Waals surface area contributed by atoms with Crippen LogP contribution in [-0.2, 0) is 17.8 Å². The molecule has 0 bridgehead atoms. The van der Waals surface area contributed by atoms with E-state index in [1.165, 1.54) is 11.1 Å². The summed E-state index contributed by atoms with van der Waals surface area (Å²) >= 11 is 0. The maximum Gasteiger partial charge on any atom is 0.118 e. The molecule has 1 aromatic heterocycles. The molecule has 0 amide bonds. The van der Waals surface area contributed by atoms with Crippen molar-refractivity contribution in [1.82, 2.24) is 10.2 Å². The van der Waals surface area contributed by atoms with E-state index in [0.29, 0.717) is 6.04 Å². The zero-order chi connectivity index (χ0) is 14.4. The van der Waals surface area contributed by atoms with E-state index < -0.39 is 0 Å². The van der Waals surface area contributed by atoms with Crippen molar-refractivity contribution >= 4 is 0 Å². The van der Waals surface area contributed by atoms with Gasteiger partial charge in [0.2, 0.25) is 0 Å². The third kappa shape index (κ3) is 4.78. The van der Waals surface area contributed by atoms with Gasteiger partial charge in [-0.2, -0.15) is 0 Å². The zero-order valence-corrected chi connectivity index (χ0v) is 12.8. The van der Waals surface area contributed by atoms with Crippen molar-refractivity contribution < 1.29 is 9.15 Å². The molecule has 0 spiro atoms. The summed E-state index contributed by atoms with van der Waals surface area (Å²) in [5.74, 6) is 1.05. The summed E-state index contributed by atoms with van der Waals surface area (Å²) in [5.41, 5.74) is 2.63. The fraction of sp³-hybridized carbons (Fsp3) is 0.625. The van der Waals surface area contributed by atoms with E-state index in [1.807, 2.05) is 6.26 Å². The molecule has 112 valence electrons. The number of methoxy groups -OCH3 is 1. The summed E-state index contributed by atoms with van der Waals surface area (Å²) in [4.78, 5) is 2.40. The topological polar surface area (TPSA) is 37.6 Å². The minimum Gasteiger partial charge on any atom is -0.468 e. The molecule has 0 aliphatic carbocycles. The van der Waals surface area contributed by atoms with Crippen LogP contribution in [0.2, 0.25) is 0 Å². The lowest BCUT2D eigenvalue weighted by Gasteiger charge is -2.25. The van der Waals surface area contributed by atoms with E-state index in [1.54, 1.807) is 7.11 Å². The van der Waals surface area contributed by atoms with Crippen molar-refractivity contribution in [3.05, 3.63) is 35.3 Å². The number of ether oxygens (including phenoxy) is 1. The Kier molecular flexibility index (Phi) is 5.83. The standard InChI is InChI=1S/C16H26N2O2/c1-13(2)17-9-15-8-16(20-12-15)10-18-6-4-14(5-7-18)11-19-3/h4,8,12-13,17H,5-7,9-11H2,1-3H3. The fourth-order valence-electron chi connectivity index (χ4n) is 2.36. The normalized spacial score (nSPS) is 16.7. The maximum atomic E-state index is 5.65. The zero-order valence-electron chi connectivity index (χ0n) is 12.8. The predicted molar refractivity (Wildman–Crippen MR) is 80.5 cm³/mol. The Balaban J connectivity index is 1.79. The molecule has 2 rings (SSSR count). The van der Waals surface area contributed by atoms with E-state index >= 15 is 0 Å². The average molecular weight is 278 g/mol. The van der Waals surface area contributed by atoms with Gasteiger partial charge in [-0.05, 0) is 18.1 Å². The Morgan fingerprint density at radius 2 is 2.30 bits per heavy atom. The molecule has 2 heterocycles. The van der Waals surface area contributed by atoms with E-state index in [-0.39, 0.29) is 0 Å². The van der Waals surface area contributed by atoms with Crippen LogP contribution in [0, 0.1) is 0 Å². The SMILES string of the molecule is COCC1=CCN(Cc2cc(CNC(C)C)co2)CC1. The third-order valence-corrected chi connectivity index (χ3v) is 3.52. The number of nitrogens with zero attached hydrogens (tertiary/aromatic N) is 1. The van der Waals surface area contributed by atoms with Crippen molar-refractivity contribution in [1.29, 1.82) is 0 Å². The molecule has 1 aliphatic rings. The number of hydrogen-bond donors (Lipinski definition) is 1. The van der Waals surface area contributed by atoms with Gasteiger partial charge in [-0.15, -0.1) is 0 Å².